The Hall–Kier alpha value is -2.83. The summed E-state index contributed by atoms with van der Waals surface area (Å²) in [5, 5.41) is 30.5. The molecule has 1 aromatic heterocycles. The van der Waals surface area contributed by atoms with Crippen LogP contribution in [0.2, 0.25) is 0 Å². The molecular weight excluding hydrogens is 409 g/mol. The van der Waals surface area contributed by atoms with Crippen molar-refractivity contribution in [1.82, 2.24) is 4.98 Å². The highest BCUT2D eigenvalue weighted by molar-refractivity contribution is 5.96. The molecule has 168 valence electrons. The third kappa shape index (κ3) is 4.97. The molecule has 0 spiro atoms. The van der Waals surface area contributed by atoms with E-state index in [1.54, 1.807) is 12.1 Å². The normalized spacial score (nSPS) is 16.6. The van der Waals surface area contributed by atoms with Crippen LogP contribution < -0.4 is 0 Å². The summed E-state index contributed by atoms with van der Waals surface area (Å²) in [6.07, 6.45) is 0.305. The number of rotatable bonds is 9. The zero-order valence-corrected chi connectivity index (χ0v) is 18.0. The topological polar surface area (TPSA) is 90.7 Å². The van der Waals surface area contributed by atoms with Crippen LogP contribution in [0.4, 0.5) is 4.39 Å². The number of aliphatic hydroxyl groups excluding tert-OH is 2. The summed E-state index contributed by atoms with van der Waals surface area (Å²) in [4.78, 5) is 15.8. The first-order chi connectivity index (χ1) is 15.3. The Bertz CT molecular complexity index is 1110. The van der Waals surface area contributed by atoms with Crippen LogP contribution in [0.15, 0.2) is 48.5 Å². The van der Waals surface area contributed by atoms with Crippen LogP contribution in [0.25, 0.3) is 22.0 Å². The highest BCUT2D eigenvalue weighted by Gasteiger charge is 2.32. The quantitative estimate of drug-likeness (QED) is 0.452. The number of carboxylic acid groups (broad SMARTS) is 1. The van der Waals surface area contributed by atoms with Gasteiger partial charge in [0, 0.05) is 23.4 Å². The summed E-state index contributed by atoms with van der Waals surface area (Å²) in [5.74, 6) is -1.24. The Morgan fingerprint density at radius 3 is 2.47 bits per heavy atom. The monoisotopic (exact) mass is 437 g/mol. The minimum Gasteiger partial charge on any atom is -0.481 e. The molecule has 4 rings (SSSR count). The second kappa shape index (κ2) is 9.35. The first kappa shape index (κ1) is 22.4. The highest BCUT2D eigenvalue weighted by Crippen LogP contribution is 2.45. The maximum absolute atomic E-state index is 13.7. The van der Waals surface area contributed by atoms with Crippen molar-refractivity contribution in [1.29, 1.82) is 0 Å². The number of fused-ring (bicyclic) bond motifs is 1. The van der Waals surface area contributed by atoms with E-state index in [4.69, 9.17) is 10.1 Å². The van der Waals surface area contributed by atoms with E-state index in [9.17, 15) is 19.4 Å². The Kier molecular flexibility index (Phi) is 6.53. The number of hydrogen-bond donors (Lipinski definition) is 3. The Morgan fingerprint density at radius 2 is 1.81 bits per heavy atom. The minimum atomic E-state index is -1.10. The first-order valence-electron chi connectivity index (χ1n) is 11.1. The molecule has 5 nitrogen and oxygen atoms in total. The van der Waals surface area contributed by atoms with E-state index in [0.29, 0.717) is 12.3 Å². The maximum atomic E-state index is 13.7. The first-order valence-corrected chi connectivity index (χ1v) is 11.1. The van der Waals surface area contributed by atoms with Crippen LogP contribution in [0.1, 0.15) is 49.8 Å². The standard InChI is InChI=1S/C26H28FNO4/c1-15(23(30)13-19(29)14-24(31)32)12-21-25(16-8-10-18(27)11-9-16)20-4-2-3-5-22(20)28-26(21)17-6-7-17/h2-5,8-11,15,17,19,23,29-30H,6-7,12-14H2,1H3,(H,31,32). The number of halogens is 1. The zero-order valence-electron chi connectivity index (χ0n) is 18.0. The molecule has 1 aliphatic rings. The van der Waals surface area contributed by atoms with Crippen LogP contribution in [0.5, 0.6) is 0 Å². The van der Waals surface area contributed by atoms with E-state index >= 15 is 0 Å². The Morgan fingerprint density at radius 1 is 1.12 bits per heavy atom. The van der Waals surface area contributed by atoms with Crippen molar-refractivity contribution < 1.29 is 24.5 Å². The van der Waals surface area contributed by atoms with Crippen molar-refractivity contribution in [3.63, 3.8) is 0 Å². The number of aromatic nitrogens is 1. The number of carbonyl (C=O) groups is 1. The number of pyridine rings is 1. The molecule has 1 heterocycles. The van der Waals surface area contributed by atoms with Crippen molar-refractivity contribution >= 4 is 16.9 Å². The van der Waals surface area contributed by atoms with Gasteiger partial charge in [-0.3, -0.25) is 9.78 Å². The van der Waals surface area contributed by atoms with Gasteiger partial charge in [-0.1, -0.05) is 37.3 Å². The van der Waals surface area contributed by atoms with E-state index in [-0.39, 0.29) is 18.2 Å². The molecule has 3 aromatic rings. The molecule has 2 aromatic carbocycles. The lowest BCUT2D eigenvalue weighted by molar-refractivity contribution is -0.139. The molecule has 0 amide bonds. The van der Waals surface area contributed by atoms with Gasteiger partial charge in [0.15, 0.2) is 0 Å². The van der Waals surface area contributed by atoms with E-state index in [1.807, 2.05) is 31.2 Å². The summed E-state index contributed by atoms with van der Waals surface area (Å²) in [6.45, 7) is 1.90. The van der Waals surface area contributed by atoms with Crippen molar-refractivity contribution in [2.24, 2.45) is 5.92 Å². The molecule has 3 unspecified atom stereocenters. The summed E-state index contributed by atoms with van der Waals surface area (Å²) < 4.78 is 13.7. The summed E-state index contributed by atoms with van der Waals surface area (Å²) in [6, 6.07) is 14.4. The van der Waals surface area contributed by atoms with E-state index < -0.39 is 24.6 Å². The van der Waals surface area contributed by atoms with Gasteiger partial charge < -0.3 is 15.3 Å². The number of benzene rings is 2. The van der Waals surface area contributed by atoms with E-state index in [0.717, 1.165) is 46.1 Å². The zero-order chi connectivity index (χ0) is 22.8. The molecule has 0 bridgehead atoms. The van der Waals surface area contributed by atoms with Crippen LogP contribution in [0.3, 0.4) is 0 Å². The van der Waals surface area contributed by atoms with Crippen molar-refractivity contribution in [2.75, 3.05) is 0 Å². The van der Waals surface area contributed by atoms with Gasteiger partial charge in [-0.15, -0.1) is 0 Å². The second-order valence-electron chi connectivity index (χ2n) is 8.89. The number of nitrogens with zero attached hydrogens (tertiary/aromatic N) is 1. The van der Waals surface area contributed by atoms with Crippen molar-refractivity contribution in [2.45, 2.75) is 57.2 Å². The predicted octanol–water partition coefficient (Wildman–Crippen LogP) is 4.68. The van der Waals surface area contributed by atoms with Gasteiger partial charge in [0.05, 0.1) is 24.1 Å². The fraction of sp³-hybridized carbons (Fsp3) is 0.385. The largest absolute Gasteiger partial charge is 0.481 e. The third-order valence-corrected chi connectivity index (χ3v) is 6.23. The molecular formula is C26H28FNO4. The highest BCUT2D eigenvalue weighted by atomic mass is 19.1. The molecule has 3 atom stereocenters. The molecule has 6 heteroatoms. The maximum Gasteiger partial charge on any atom is 0.305 e. The number of aliphatic hydroxyl groups is 2. The van der Waals surface area contributed by atoms with Crippen LogP contribution in [0, 0.1) is 11.7 Å². The SMILES string of the molecule is CC(Cc1c(C2CC2)nc2ccccc2c1-c1ccc(F)cc1)C(O)CC(O)CC(=O)O. The average Bonchev–Trinajstić information content (AvgIpc) is 3.58. The molecule has 1 aliphatic carbocycles. The number of carboxylic acids is 1. The molecule has 32 heavy (non-hydrogen) atoms. The number of hydrogen-bond acceptors (Lipinski definition) is 4. The molecule has 3 N–H and O–H groups in total. The summed E-state index contributed by atoms with van der Waals surface area (Å²) in [7, 11) is 0. The van der Waals surface area contributed by atoms with Gasteiger partial charge in [0.2, 0.25) is 0 Å². The molecule has 1 saturated carbocycles. The third-order valence-electron chi connectivity index (χ3n) is 6.23. The summed E-state index contributed by atoms with van der Waals surface area (Å²) >= 11 is 0. The smallest absolute Gasteiger partial charge is 0.305 e. The van der Waals surface area contributed by atoms with Crippen molar-refractivity contribution in [3.05, 3.63) is 65.6 Å². The van der Waals surface area contributed by atoms with Crippen molar-refractivity contribution in [3.8, 4) is 11.1 Å². The number of aliphatic carboxylic acids is 1. The van der Waals surface area contributed by atoms with Gasteiger partial charge in [-0.2, -0.15) is 0 Å². The Balaban J connectivity index is 1.75. The average molecular weight is 438 g/mol. The van der Waals surface area contributed by atoms with Gasteiger partial charge in [-0.05, 0) is 60.1 Å². The lowest BCUT2D eigenvalue weighted by Gasteiger charge is -2.24. The summed E-state index contributed by atoms with van der Waals surface area (Å²) in [5.41, 5.74) is 4.85. The van der Waals surface area contributed by atoms with Gasteiger partial charge in [0.25, 0.3) is 0 Å². The number of para-hydroxylation sites is 1. The van der Waals surface area contributed by atoms with Gasteiger partial charge in [0.1, 0.15) is 5.82 Å². The molecule has 1 fully saturated rings. The lowest BCUT2D eigenvalue weighted by atomic mass is 9.85. The molecule has 0 saturated heterocycles. The lowest BCUT2D eigenvalue weighted by Crippen LogP contribution is -2.27. The van der Waals surface area contributed by atoms with Crippen LogP contribution >= 0.6 is 0 Å². The Labute approximate surface area is 186 Å². The molecule has 0 radical (unpaired) electrons. The van der Waals surface area contributed by atoms with Crippen LogP contribution in [-0.4, -0.2) is 38.5 Å². The van der Waals surface area contributed by atoms with E-state index in [2.05, 4.69) is 0 Å². The fourth-order valence-corrected chi connectivity index (χ4v) is 4.37. The molecule has 0 aliphatic heterocycles. The second-order valence-corrected chi connectivity index (χ2v) is 8.89. The van der Waals surface area contributed by atoms with Gasteiger partial charge in [-0.25, -0.2) is 4.39 Å². The van der Waals surface area contributed by atoms with E-state index in [1.165, 1.54) is 12.1 Å². The minimum absolute atomic E-state index is 0.000873. The predicted molar refractivity (Wildman–Crippen MR) is 121 cm³/mol. The fourth-order valence-electron chi connectivity index (χ4n) is 4.37. The van der Waals surface area contributed by atoms with Gasteiger partial charge >= 0.3 is 5.97 Å². The van der Waals surface area contributed by atoms with Crippen LogP contribution in [-0.2, 0) is 11.2 Å².